The van der Waals surface area contributed by atoms with Crippen molar-refractivity contribution in [2.75, 3.05) is 5.73 Å². The van der Waals surface area contributed by atoms with Crippen LogP contribution in [0.4, 0.5) is 27.6 Å². The number of hydrogen-bond acceptors (Lipinski definition) is 5. The average Bonchev–Trinajstić information content (AvgIpc) is 3.16. The Hall–Kier alpha value is -3.83. The van der Waals surface area contributed by atoms with E-state index in [1.165, 1.54) is 12.3 Å². The van der Waals surface area contributed by atoms with Gasteiger partial charge in [0.15, 0.2) is 0 Å². The van der Waals surface area contributed by atoms with Gasteiger partial charge in [-0.25, -0.2) is 9.98 Å². The highest BCUT2D eigenvalue weighted by Crippen LogP contribution is 2.31. The molecule has 0 atom stereocenters. The minimum atomic E-state index is -4.80. The lowest BCUT2D eigenvalue weighted by molar-refractivity contribution is -0.141. The zero-order valence-corrected chi connectivity index (χ0v) is 14.8. The molecule has 0 unspecified atom stereocenters. The minimum absolute atomic E-state index is 0.0509. The van der Waals surface area contributed by atoms with Gasteiger partial charge in [-0.3, -0.25) is 14.5 Å². The molecule has 0 aliphatic rings. The lowest BCUT2D eigenvalue weighted by atomic mass is 10.1. The van der Waals surface area contributed by atoms with Crippen LogP contribution in [0.25, 0.3) is 27.6 Å². The first-order valence-electron chi connectivity index (χ1n) is 8.34. The molecule has 0 saturated carbocycles. The van der Waals surface area contributed by atoms with Crippen LogP contribution in [0.15, 0.2) is 46.3 Å². The molecule has 3 N–H and O–H groups in total. The molecule has 4 rings (SSSR count). The fraction of sp³-hybridized carbons (Fsp3) is 0.111. The topological polar surface area (TPSA) is 102 Å². The van der Waals surface area contributed by atoms with Crippen molar-refractivity contribution in [1.29, 1.82) is 0 Å². The van der Waals surface area contributed by atoms with E-state index in [4.69, 9.17) is 5.73 Å². The van der Waals surface area contributed by atoms with E-state index in [0.717, 1.165) is 10.6 Å². The van der Waals surface area contributed by atoms with Crippen molar-refractivity contribution in [3.05, 3.63) is 58.1 Å². The van der Waals surface area contributed by atoms with E-state index in [1.54, 1.807) is 12.1 Å². The maximum Gasteiger partial charge on any atom is 0.433 e. The maximum atomic E-state index is 13.3. The number of alkyl halides is 5. The highest BCUT2D eigenvalue weighted by Gasteiger charge is 2.33. The molecule has 0 aliphatic heterocycles. The Morgan fingerprint density at radius 3 is 2.63 bits per heavy atom. The molecular weight excluding hydrogens is 411 g/mol. The number of nitrogen functional groups attached to an aromatic ring is 1. The van der Waals surface area contributed by atoms with Crippen molar-refractivity contribution in [2.45, 2.75) is 12.7 Å². The smallest absolute Gasteiger partial charge is 0.394 e. The second kappa shape index (κ2) is 6.90. The summed E-state index contributed by atoms with van der Waals surface area (Å²) in [5, 5.41) is 6.93. The number of hydrogen-bond donors (Lipinski definition) is 2. The molecule has 0 aliphatic carbocycles. The van der Waals surface area contributed by atoms with Gasteiger partial charge < -0.3 is 5.73 Å². The van der Waals surface area contributed by atoms with Gasteiger partial charge in [0.1, 0.15) is 17.0 Å². The Kier molecular flexibility index (Phi) is 4.48. The van der Waals surface area contributed by atoms with Crippen LogP contribution in [-0.4, -0.2) is 32.5 Å². The van der Waals surface area contributed by atoms with Crippen molar-refractivity contribution >= 4 is 33.8 Å². The van der Waals surface area contributed by atoms with E-state index in [9.17, 15) is 26.7 Å². The molecule has 4 aromatic rings. The van der Waals surface area contributed by atoms with E-state index >= 15 is 0 Å². The first-order valence-corrected chi connectivity index (χ1v) is 8.34. The molecule has 0 spiro atoms. The van der Waals surface area contributed by atoms with Gasteiger partial charge in [-0.1, -0.05) is 6.07 Å². The Balaban J connectivity index is 2.17. The van der Waals surface area contributed by atoms with Crippen LogP contribution in [0, 0.1) is 0 Å². The second-order valence-electron chi connectivity index (χ2n) is 6.20. The molecule has 0 saturated heterocycles. The molecule has 30 heavy (non-hydrogen) atoms. The normalized spacial score (nSPS) is 12.6. The number of fused-ring (bicyclic) bond motifs is 2. The van der Waals surface area contributed by atoms with E-state index < -0.39 is 35.3 Å². The molecule has 154 valence electrons. The first-order chi connectivity index (χ1) is 14.2. The van der Waals surface area contributed by atoms with Crippen molar-refractivity contribution in [2.24, 2.45) is 4.99 Å². The van der Waals surface area contributed by atoms with Crippen LogP contribution >= 0.6 is 0 Å². The standard InChI is InChI=1S/C18H11F5N6O/c19-17(20)25-6-9-8-4-5-13(18(21,22)23)27-15(8)29(16(30)14(9)24)12-3-1-2-11-10(12)7-26-28-11/h1-7,17H,24H2,(H,26,28)/b25-6+. The molecule has 1 aromatic carbocycles. The quantitative estimate of drug-likeness (QED) is 0.300. The number of aromatic nitrogens is 4. The lowest BCUT2D eigenvalue weighted by Crippen LogP contribution is -2.25. The number of aliphatic imine (C=N–C) groups is 1. The SMILES string of the molecule is Nc1c(/C=N/C(F)F)c2ccc(C(F)(F)F)nc2n(-c2cccc3[nH]ncc23)c1=O. The number of benzene rings is 1. The second-order valence-corrected chi connectivity index (χ2v) is 6.20. The van der Waals surface area contributed by atoms with Crippen LogP contribution in [0.3, 0.4) is 0 Å². The van der Waals surface area contributed by atoms with E-state index in [1.807, 2.05) is 0 Å². The highest BCUT2D eigenvalue weighted by atomic mass is 19.4. The van der Waals surface area contributed by atoms with Gasteiger partial charge in [-0.15, -0.1) is 0 Å². The summed E-state index contributed by atoms with van der Waals surface area (Å²) >= 11 is 0. The third kappa shape index (κ3) is 3.15. The Morgan fingerprint density at radius 2 is 1.93 bits per heavy atom. The fourth-order valence-electron chi connectivity index (χ4n) is 3.10. The summed E-state index contributed by atoms with van der Waals surface area (Å²) in [5.74, 6) is 0. The zero-order valence-electron chi connectivity index (χ0n) is 14.8. The third-order valence-electron chi connectivity index (χ3n) is 4.41. The third-order valence-corrected chi connectivity index (χ3v) is 4.41. The van der Waals surface area contributed by atoms with Crippen molar-refractivity contribution in [3.8, 4) is 5.69 Å². The zero-order chi connectivity index (χ0) is 21.6. The summed E-state index contributed by atoms with van der Waals surface area (Å²) in [6.07, 6.45) is -2.75. The number of anilines is 1. The van der Waals surface area contributed by atoms with Crippen LogP contribution in [0.2, 0.25) is 0 Å². The Morgan fingerprint density at radius 1 is 1.17 bits per heavy atom. The lowest BCUT2D eigenvalue weighted by Gasteiger charge is -2.16. The van der Waals surface area contributed by atoms with Gasteiger partial charge in [0.2, 0.25) is 0 Å². The first kappa shape index (κ1) is 19.5. The number of nitrogens with zero attached hydrogens (tertiary/aromatic N) is 4. The van der Waals surface area contributed by atoms with Crippen LogP contribution in [-0.2, 0) is 6.18 Å². The largest absolute Gasteiger partial charge is 0.433 e. The van der Waals surface area contributed by atoms with Crippen LogP contribution in [0.5, 0.6) is 0 Å². The number of halogens is 5. The van der Waals surface area contributed by atoms with Gasteiger partial charge in [0.25, 0.3) is 5.56 Å². The molecule has 12 heteroatoms. The van der Waals surface area contributed by atoms with Crippen LogP contribution in [0.1, 0.15) is 11.3 Å². The van der Waals surface area contributed by atoms with E-state index in [-0.39, 0.29) is 16.6 Å². The van der Waals surface area contributed by atoms with Gasteiger partial charge in [0, 0.05) is 22.6 Å². The number of nitrogens with two attached hydrogens (primary N) is 1. The summed E-state index contributed by atoms with van der Waals surface area (Å²) < 4.78 is 65.8. The number of H-pyrrole nitrogens is 1. The summed E-state index contributed by atoms with van der Waals surface area (Å²) in [5.41, 5.74) is 3.25. The molecular formula is C18H11F5N6O. The summed E-state index contributed by atoms with van der Waals surface area (Å²) in [4.78, 5) is 19.5. The highest BCUT2D eigenvalue weighted by molar-refractivity contribution is 6.03. The van der Waals surface area contributed by atoms with Crippen molar-refractivity contribution in [1.82, 2.24) is 19.7 Å². The van der Waals surface area contributed by atoms with Crippen LogP contribution < -0.4 is 11.3 Å². The molecule has 0 radical (unpaired) electrons. The molecule has 0 bridgehead atoms. The fourth-order valence-corrected chi connectivity index (χ4v) is 3.10. The Labute approximate surface area is 163 Å². The van der Waals surface area contributed by atoms with Crippen molar-refractivity contribution in [3.63, 3.8) is 0 Å². The predicted molar refractivity (Wildman–Crippen MR) is 100 cm³/mol. The monoisotopic (exact) mass is 422 g/mol. The van der Waals surface area contributed by atoms with Gasteiger partial charge in [-0.2, -0.15) is 27.1 Å². The summed E-state index contributed by atoms with van der Waals surface area (Å²) in [6.45, 7) is -3.09. The molecule has 7 nitrogen and oxygen atoms in total. The van der Waals surface area contributed by atoms with Gasteiger partial charge in [0.05, 0.1) is 17.4 Å². The predicted octanol–water partition coefficient (Wildman–Crippen LogP) is 3.50. The molecule has 0 fully saturated rings. The van der Waals surface area contributed by atoms with E-state index in [0.29, 0.717) is 23.2 Å². The number of nitrogens with one attached hydrogen (secondary N) is 1. The number of pyridine rings is 2. The summed E-state index contributed by atoms with van der Waals surface area (Å²) in [7, 11) is 0. The van der Waals surface area contributed by atoms with Gasteiger partial charge >= 0.3 is 12.7 Å². The summed E-state index contributed by atoms with van der Waals surface area (Å²) in [6, 6.07) is 6.38. The van der Waals surface area contributed by atoms with E-state index in [2.05, 4.69) is 20.2 Å². The molecule has 0 amide bonds. The molecule has 3 heterocycles. The number of aromatic amines is 1. The van der Waals surface area contributed by atoms with Crippen molar-refractivity contribution < 1.29 is 22.0 Å². The average molecular weight is 422 g/mol. The maximum absolute atomic E-state index is 13.3. The van der Waals surface area contributed by atoms with Gasteiger partial charge in [-0.05, 0) is 24.3 Å². The molecule has 3 aromatic heterocycles. The minimum Gasteiger partial charge on any atom is -0.394 e. The number of rotatable bonds is 3. The Bertz CT molecular complexity index is 1360.